The SMILES string of the molecule is CCN(CC)C(=O)CNC. The minimum Gasteiger partial charge on any atom is -0.342 e. The van der Waals surface area contributed by atoms with Gasteiger partial charge >= 0.3 is 0 Å². The molecule has 0 saturated carbocycles. The smallest absolute Gasteiger partial charge is 0.236 e. The second-order valence-electron chi connectivity index (χ2n) is 2.10. The number of likely N-dealkylation sites (N-methyl/N-ethyl adjacent to an activating group) is 2. The Bertz CT molecular complexity index is 99.8. The average molecular weight is 144 g/mol. The Balaban J connectivity index is 3.65. The number of hydrogen-bond acceptors (Lipinski definition) is 2. The van der Waals surface area contributed by atoms with Crippen LogP contribution in [0.4, 0.5) is 0 Å². The second kappa shape index (κ2) is 5.23. The molecule has 3 heteroatoms. The van der Waals surface area contributed by atoms with Gasteiger partial charge in [-0.05, 0) is 20.9 Å². The molecule has 0 aromatic rings. The van der Waals surface area contributed by atoms with Gasteiger partial charge in [-0.3, -0.25) is 4.79 Å². The summed E-state index contributed by atoms with van der Waals surface area (Å²) in [5.74, 6) is 0.174. The summed E-state index contributed by atoms with van der Waals surface area (Å²) < 4.78 is 0. The zero-order valence-corrected chi connectivity index (χ0v) is 6.98. The van der Waals surface area contributed by atoms with Crippen LogP contribution in [0.25, 0.3) is 0 Å². The lowest BCUT2D eigenvalue weighted by Crippen LogP contribution is -2.36. The molecule has 0 radical (unpaired) electrons. The van der Waals surface area contributed by atoms with Gasteiger partial charge in [-0.2, -0.15) is 0 Å². The Morgan fingerprint density at radius 3 is 2.20 bits per heavy atom. The second-order valence-corrected chi connectivity index (χ2v) is 2.10. The maximum absolute atomic E-state index is 11.1. The third kappa shape index (κ3) is 2.82. The Hall–Kier alpha value is -0.570. The molecule has 0 atom stereocenters. The van der Waals surface area contributed by atoms with E-state index in [-0.39, 0.29) is 5.91 Å². The molecule has 10 heavy (non-hydrogen) atoms. The first kappa shape index (κ1) is 9.43. The highest BCUT2D eigenvalue weighted by Gasteiger charge is 2.05. The summed E-state index contributed by atoms with van der Waals surface area (Å²) in [5.41, 5.74) is 0. The number of carbonyl (C=O) groups is 1. The van der Waals surface area contributed by atoms with Crippen molar-refractivity contribution in [3.8, 4) is 0 Å². The van der Waals surface area contributed by atoms with E-state index in [1.54, 1.807) is 11.9 Å². The quantitative estimate of drug-likeness (QED) is 0.605. The minimum atomic E-state index is 0.174. The molecule has 0 rings (SSSR count). The normalized spacial score (nSPS) is 9.50. The zero-order chi connectivity index (χ0) is 7.98. The van der Waals surface area contributed by atoms with Crippen LogP contribution in [0.1, 0.15) is 13.8 Å². The Labute approximate surface area is 62.4 Å². The molecule has 0 saturated heterocycles. The predicted octanol–water partition coefficient (Wildman–Crippen LogP) is 0.0742. The zero-order valence-electron chi connectivity index (χ0n) is 6.98. The summed E-state index contributed by atoms with van der Waals surface area (Å²) in [7, 11) is 1.78. The van der Waals surface area contributed by atoms with Crippen LogP contribution < -0.4 is 5.32 Å². The highest BCUT2D eigenvalue weighted by atomic mass is 16.2. The molecule has 0 fully saturated rings. The van der Waals surface area contributed by atoms with Crippen molar-refractivity contribution >= 4 is 5.91 Å². The maximum Gasteiger partial charge on any atom is 0.236 e. The van der Waals surface area contributed by atoms with Gasteiger partial charge in [0.2, 0.25) is 5.91 Å². The van der Waals surface area contributed by atoms with E-state index in [1.165, 1.54) is 0 Å². The van der Waals surface area contributed by atoms with Gasteiger partial charge in [0.1, 0.15) is 0 Å². The summed E-state index contributed by atoms with van der Waals surface area (Å²) in [4.78, 5) is 12.9. The van der Waals surface area contributed by atoms with Gasteiger partial charge in [0.25, 0.3) is 0 Å². The fourth-order valence-electron chi connectivity index (χ4n) is 0.839. The van der Waals surface area contributed by atoms with Gasteiger partial charge in [-0.1, -0.05) is 0 Å². The van der Waals surface area contributed by atoms with Crippen LogP contribution >= 0.6 is 0 Å². The van der Waals surface area contributed by atoms with E-state index in [0.29, 0.717) is 6.54 Å². The number of rotatable bonds is 4. The average Bonchev–Trinajstić information content (AvgIpc) is 1.91. The van der Waals surface area contributed by atoms with Crippen LogP contribution in [0.5, 0.6) is 0 Å². The number of hydrogen-bond donors (Lipinski definition) is 1. The van der Waals surface area contributed by atoms with Gasteiger partial charge in [-0.15, -0.1) is 0 Å². The van der Waals surface area contributed by atoms with E-state index in [2.05, 4.69) is 5.32 Å². The summed E-state index contributed by atoms with van der Waals surface area (Å²) >= 11 is 0. The molecule has 0 aromatic heterocycles. The van der Waals surface area contributed by atoms with Crippen LogP contribution in [0.15, 0.2) is 0 Å². The lowest BCUT2D eigenvalue weighted by molar-refractivity contribution is -0.129. The molecule has 0 heterocycles. The van der Waals surface area contributed by atoms with Gasteiger partial charge in [-0.25, -0.2) is 0 Å². The van der Waals surface area contributed by atoms with Crippen LogP contribution in [-0.4, -0.2) is 37.5 Å². The van der Waals surface area contributed by atoms with Crippen LogP contribution in [0.3, 0.4) is 0 Å². The molecule has 0 spiro atoms. The fraction of sp³-hybridized carbons (Fsp3) is 0.857. The summed E-state index contributed by atoms with van der Waals surface area (Å²) in [6.07, 6.45) is 0. The lowest BCUT2D eigenvalue weighted by Gasteiger charge is -2.17. The standard InChI is InChI=1S/C7H16N2O/c1-4-9(5-2)7(10)6-8-3/h8H,4-6H2,1-3H3. The van der Waals surface area contributed by atoms with Gasteiger partial charge < -0.3 is 10.2 Å². The van der Waals surface area contributed by atoms with E-state index in [0.717, 1.165) is 13.1 Å². The first-order valence-corrected chi connectivity index (χ1v) is 3.68. The molecule has 0 aliphatic rings. The van der Waals surface area contributed by atoms with Gasteiger partial charge in [0, 0.05) is 13.1 Å². The van der Waals surface area contributed by atoms with Crippen LogP contribution in [0.2, 0.25) is 0 Å². The van der Waals surface area contributed by atoms with Crippen LogP contribution in [0, 0.1) is 0 Å². The van der Waals surface area contributed by atoms with Crippen molar-refractivity contribution < 1.29 is 4.79 Å². The van der Waals surface area contributed by atoms with Crippen molar-refractivity contribution in [1.82, 2.24) is 10.2 Å². The molecule has 0 bridgehead atoms. The maximum atomic E-state index is 11.1. The predicted molar refractivity (Wildman–Crippen MR) is 41.9 cm³/mol. The van der Waals surface area contributed by atoms with E-state index >= 15 is 0 Å². The topological polar surface area (TPSA) is 32.3 Å². The van der Waals surface area contributed by atoms with Crippen molar-refractivity contribution in [3.63, 3.8) is 0 Å². The number of amides is 1. The highest BCUT2D eigenvalue weighted by molar-refractivity contribution is 5.78. The molecule has 1 amide bonds. The van der Waals surface area contributed by atoms with E-state index in [4.69, 9.17) is 0 Å². The number of nitrogens with one attached hydrogen (secondary N) is 1. The molecule has 0 aromatic carbocycles. The van der Waals surface area contributed by atoms with Crippen molar-refractivity contribution in [2.45, 2.75) is 13.8 Å². The van der Waals surface area contributed by atoms with Gasteiger partial charge in [0.15, 0.2) is 0 Å². The Kier molecular flexibility index (Phi) is 4.94. The number of nitrogens with zero attached hydrogens (tertiary/aromatic N) is 1. The van der Waals surface area contributed by atoms with E-state index in [1.807, 2.05) is 13.8 Å². The molecule has 60 valence electrons. The van der Waals surface area contributed by atoms with Crippen molar-refractivity contribution in [3.05, 3.63) is 0 Å². The molecule has 0 aliphatic heterocycles. The first-order valence-electron chi connectivity index (χ1n) is 3.68. The van der Waals surface area contributed by atoms with Gasteiger partial charge in [0.05, 0.1) is 6.54 Å². The van der Waals surface area contributed by atoms with Crippen molar-refractivity contribution in [2.24, 2.45) is 0 Å². The molecule has 0 aliphatic carbocycles. The third-order valence-corrected chi connectivity index (χ3v) is 1.44. The third-order valence-electron chi connectivity index (χ3n) is 1.44. The van der Waals surface area contributed by atoms with E-state index < -0.39 is 0 Å². The monoisotopic (exact) mass is 144 g/mol. The first-order chi connectivity index (χ1) is 4.76. The molecule has 1 N–H and O–H groups in total. The molecular formula is C7H16N2O. The highest BCUT2D eigenvalue weighted by Crippen LogP contribution is 1.85. The molecular weight excluding hydrogens is 128 g/mol. The molecule has 0 unspecified atom stereocenters. The largest absolute Gasteiger partial charge is 0.342 e. The summed E-state index contributed by atoms with van der Waals surface area (Å²) in [5, 5.41) is 2.83. The van der Waals surface area contributed by atoms with Crippen LogP contribution in [-0.2, 0) is 4.79 Å². The summed E-state index contributed by atoms with van der Waals surface area (Å²) in [6.45, 7) is 6.02. The minimum absolute atomic E-state index is 0.174. The fourth-order valence-corrected chi connectivity index (χ4v) is 0.839. The Morgan fingerprint density at radius 2 is 1.90 bits per heavy atom. The van der Waals surface area contributed by atoms with Crippen molar-refractivity contribution in [2.75, 3.05) is 26.7 Å². The molecule has 3 nitrogen and oxygen atoms in total. The van der Waals surface area contributed by atoms with E-state index in [9.17, 15) is 4.79 Å². The lowest BCUT2D eigenvalue weighted by atomic mass is 10.4. The Morgan fingerprint density at radius 1 is 1.40 bits per heavy atom. The van der Waals surface area contributed by atoms with Crippen molar-refractivity contribution in [1.29, 1.82) is 0 Å². The number of carbonyl (C=O) groups excluding carboxylic acids is 1. The summed E-state index contributed by atoms with van der Waals surface area (Å²) in [6, 6.07) is 0.